The van der Waals surface area contributed by atoms with Crippen LogP contribution in [0.25, 0.3) is 6.08 Å². The Hall–Kier alpha value is -2.40. The molecule has 0 spiro atoms. The minimum Gasteiger partial charge on any atom is -0.508 e. The first kappa shape index (κ1) is 31.6. The van der Waals surface area contributed by atoms with Gasteiger partial charge in [0, 0.05) is 11.8 Å². The van der Waals surface area contributed by atoms with Crippen LogP contribution in [-0.2, 0) is 9.59 Å². The van der Waals surface area contributed by atoms with E-state index in [1.807, 2.05) is 18.2 Å². The standard InChI is InChI=1S/C39H54O5/c1-34(2)19-20-38(33(43)44)21-22-39(23-27(41)12-9-25-7-10-26(40)11-8-25)28(29(38)24-34)13-14-31-36(5)17-16-32(42)35(3,4)30(36)15-18-37(31,39)6/h7-13,29-32,40,42H,14-24H2,1-6H3,(H,43,44)/b12-9+/t29-,30-,31+,32-,36-,37+,38-,39-/m0/s1. The summed E-state index contributed by atoms with van der Waals surface area (Å²) in [6.07, 6.45) is 14.7. The maximum Gasteiger partial charge on any atom is 0.310 e. The lowest BCUT2D eigenvalue weighted by atomic mass is 9.32. The number of phenolic OH excluding ortho intramolecular Hbond substituents is 1. The summed E-state index contributed by atoms with van der Waals surface area (Å²) in [6, 6.07) is 6.90. The van der Waals surface area contributed by atoms with Crippen LogP contribution < -0.4 is 0 Å². The zero-order valence-corrected chi connectivity index (χ0v) is 27.8. The fraction of sp³-hybridized carbons (Fsp3) is 0.692. The number of hydrogen-bond donors (Lipinski definition) is 3. The molecule has 4 fully saturated rings. The molecule has 6 rings (SSSR count). The molecular formula is C39H54O5. The van der Waals surface area contributed by atoms with Gasteiger partial charge in [0.1, 0.15) is 5.75 Å². The lowest BCUT2D eigenvalue weighted by Gasteiger charge is -2.71. The molecule has 0 radical (unpaired) electrons. The second-order valence-electron chi connectivity index (χ2n) is 17.4. The van der Waals surface area contributed by atoms with Crippen molar-refractivity contribution in [2.75, 3.05) is 0 Å². The number of carbonyl (C=O) groups excluding carboxylic acids is 1. The van der Waals surface area contributed by atoms with Gasteiger partial charge in [-0.2, -0.15) is 0 Å². The highest BCUT2D eigenvalue weighted by molar-refractivity contribution is 5.94. The highest BCUT2D eigenvalue weighted by atomic mass is 16.4. The molecule has 0 saturated heterocycles. The number of carboxylic acid groups (broad SMARTS) is 1. The highest BCUT2D eigenvalue weighted by Crippen LogP contribution is 2.76. The summed E-state index contributed by atoms with van der Waals surface area (Å²) in [5.41, 5.74) is 0.803. The van der Waals surface area contributed by atoms with Gasteiger partial charge in [-0.25, -0.2) is 0 Å². The predicted molar refractivity (Wildman–Crippen MR) is 174 cm³/mol. The smallest absolute Gasteiger partial charge is 0.310 e. The minimum atomic E-state index is -0.753. The molecule has 1 aromatic rings. The molecule has 0 amide bonds. The second-order valence-corrected chi connectivity index (χ2v) is 17.4. The Kier molecular flexibility index (Phi) is 7.40. The van der Waals surface area contributed by atoms with Crippen molar-refractivity contribution in [3.63, 3.8) is 0 Å². The number of hydrogen-bond acceptors (Lipinski definition) is 4. The number of ketones is 1. The third-order valence-corrected chi connectivity index (χ3v) is 14.5. The van der Waals surface area contributed by atoms with E-state index in [9.17, 15) is 24.9 Å². The molecule has 5 aliphatic carbocycles. The zero-order valence-electron chi connectivity index (χ0n) is 27.8. The molecule has 1 aromatic carbocycles. The van der Waals surface area contributed by atoms with Crippen molar-refractivity contribution in [2.45, 2.75) is 118 Å². The van der Waals surface area contributed by atoms with E-state index in [0.29, 0.717) is 31.1 Å². The molecule has 0 heterocycles. The number of rotatable bonds is 5. The van der Waals surface area contributed by atoms with E-state index in [2.05, 4.69) is 47.6 Å². The quantitative estimate of drug-likeness (QED) is 0.232. The number of aliphatic hydroxyl groups excluding tert-OH is 1. The average Bonchev–Trinajstić information content (AvgIpc) is 2.95. The first-order valence-electron chi connectivity index (χ1n) is 17.1. The lowest BCUT2D eigenvalue weighted by molar-refractivity contribution is -0.209. The summed E-state index contributed by atoms with van der Waals surface area (Å²) in [7, 11) is 0. The minimum absolute atomic E-state index is 0.0445. The van der Waals surface area contributed by atoms with E-state index in [-0.39, 0.29) is 45.2 Å². The van der Waals surface area contributed by atoms with Crippen LogP contribution in [0, 0.1) is 50.2 Å². The average molecular weight is 603 g/mol. The number of allylic oxidation sites excluding steroid dienone is 3. The molecule has 5 heteroatoms. The molecule has 5 aliphatic rings. The number of carboxylic acids is 1. The van der Waals surface area contributed by atoms with E-state index in [1.54, 1.807) is 18.2 Å². The van der Waals surface area contributed by atoms with Crippen LogP contribution in [0.2, 0.25) is 0 Å². The number of carbonyl (C=O) groups is 2. The van der Waals surface area contributed by atoms with Gasteiger partial charge < -0.3 is 15.3 Å². The van der Waals surface area contributed by atoms with Gasteiger partial charge in [0.25, 0.3) is 0 Å². The summed E-state index contributed by atoms with van der Waals surface area (Å²) >= 11 is 0. The molecule has 4 saturated carbocycles. The van der Waals surface area contributed by atoms with Crippen LogP contribution in [-0.4, -0.2) is 33.2 Å². The summed E-state index contributed by atoms with van der Waals surface area (Å²) < 4.78 is 0. The van der Waals surface area contributed by atoms with Crippen molar-refractivity contribution in [1.82, 2.24) is 0 Å². The van der Waals surface area contributed by atoms with E-state index >= 15 is 0 Å². The Labute approximate surface area is 264 Å². The molecule has 0 bridgehead atoms. The van der Waals surface area contributed by atoms with Crippen molar-refractivity contribution < 1.29 is 24.9 Å². The largest absolute Gasteiger partial charge is 0.508 e. The number of aliphatic carboxylic acids is 1. The summed E-state index contributed by atoms with van der Waals surface area (Å²) in [5, 5.41) is 31.6. The topological polar surface area (TPSA) is 94.8 Å². The Morgan fingerprint density at radius 3 is 2.25 bits per heavy atom. The fourth-order valence-corrected chi connectivity index (χ4v) is 11.9. The van der Waals surface area contributed by atoms with Crippen LogP contribution in [0.15, 0.2) is 42.0 Å². The fourth-order valence-electron chi connectivity index (χ4n) is 11.9. The molecule has 44 heavy (non-hydrogen) atoms. The van der Waals surface area contributed by atoms with E-state index < -0.39 is 16.8 Å². The third kappa shape index (κ3) is 4.49. The zero-order chi connectivity index (χ0) is 31.9. The number of aliphatic hydroxyl groups is 1. The highest BCUT2D eigenvalue weighted by Gasteiger charge is 2.70. The van der Waals surface area contributed by atoms with E-state index in [0.717, 1.165) is 56.9 Å². The monoisotopic (exact) mass is 602 g/mol. The van der Waals surface area contributed by atoms with E-state index in [1.165, 1.54) is 5.57 Å². The molecule has 5 nitrogen and oxygen atoms in total. The molecule has 0 unspecified atom stereocenters. The maximum absolute atomic E-state index is 14.1. The normalized spacial score (nSPS) is 42.3. The maximum atomic E-state index is 14.1. The van der Waals surface area contributed by atoms with Gasteiger partial charge in [-0.3, -0.25) is 9.59 Å². The molecule has 8 atom stereocenters. The number of benzene rings is 1. The van der Waals surface area contributed by atoms with Crippen molar-refractivity contribution in [2.24, 2.45) is 50.2 Å². The van der Waals surface area contributed by atoms with Crippen molar-refractivity contribution in [3.8, 4) is 5.75 Å². The van der Waals surface area contributed by atoms with Crippen LogP contribution in [0.1, 0.15) is 118 Å². The lowest BCUT2D eigenvalue weighted by Crippen LogP contribution is -2.66. The van der Waals surface area contributed by atoms with Crippen LogP contribution in [0.5, 0.6) is 5.75 Å². The van der Waals surface area contributed by atoms with Gasteiger partial charge in [0.05, 0.1) is 11.5 Å². The number of phenols is 1. The second kappa shape index (κ2) is 10.3. The Morgan fingerprint density at radius 1 is 0.886 bits per heavy atom. The summed E-state index contributed by atoms with van der Waals surface area (Å²) in [6.45, 7) is 14.0. The SMILES string of the molecule is CC1(C)CC[C@]2(C(=O)O)CC[C@]3(CC(=O)/C=C/c4ccc(O)cc4)C(=CC[C@@H]4[C@@]5(C)CC[C@H](O)C(C)(C)[C@@H]5CC[C@]43C)[C@@H]2C1. The van der Waals surface area contributed by atoms with E-state index in [4.69, 9.17) is 0 Å². The summed E-state index contributed by atoms with van der Waals surface area (Å²) in [5.74, 6) is 0.355. The molecule has 0 aromatic heterocycles. The molecule has 240 valence electrons. The first-order chi connectivity index (χ1) is 20.5. The Bertz CT molecular complexity index is 1390. The number of aromatic hydroxyl groups is 1. The Morgan fingerprint density at radius 2 is 1.57 bits per heavy atom. The van der Waals surface area contributed by atoms with Gasteiger partial charge in [-0.1, -0.05) is 71.4 Å². The van der Waals surface area contributed by atoms with Gasteiger partial charge in [0.2, 0.25) is 0 Å². The molecule has 3 N–H and O–H groups in total. The predicted octanol–water partition coefficient (Wildman–Crippen LogP) is 8.59. The van der Waals surface area contributed by atoms with Crippen molar-refractivity contribution in [1.29, 1.82) is 0 Å². The molecule has 0 aliphatic heterocycles. The van der Waals surface area contributed by atoms with Gasteiger partial charge in [-0.15, -0.1) is 0 Å². The summed E-state index contributed by atoms with van der Waals surface area (Å²) in [4.78, 5) is 27.3. The van der Waals surface area contributed by atoms with Crippen LogP contribution >= 0.6 is 0 Å². The van der Waals surface area contributed by atoms with Gasteiger partial charge in [0.15, 0.2) is 5.78 Å². The van der Waals surface area contributed by atoms with Crippen molar-refractivity contribution in [3.05, 3.63) is 47.6 Å². The number of fused-ring (bicyclic) bond motifs is 7. The van der Waals surface area contributed by atoms with Gasteiger partial charge >= 0.3 is 5.97 Å². The van der Waals surface area contributed by atoms with Crippen molar-refractivity contribution >= 4 is 17.8 Å². The van der Waals surface area contributed by atoms with Crippen LogP contribution in [0.4, 0.5) is 0 Å². The first-order valence-corrected chi connectivity index (χ1v) is 17.1. The molecular weight excluding hydrogens is 548 g/mol. The van der Waals surface area contributed by atoms with Crippen LogP contribution in [0.3, 0.4) is 0 Å². The van der Waals surface area contributed by atoms with Gasteiger partial charge in [-0.05, 0) is 127 Å². The third-order valence-electron chi connectivity index (χ3n) is 14.5. The Balaban J connectivity index is 1.46.